The van der Waals surface area contributed by atoms with Crippen molar-refractivity contribution in [2.24, 2.45) is 5.73 Å². The van der Waals surface area contributed by atoms with Gasteiger partial charge in [0.1, 0.15) is 5.82 Å². The molecule has 2 aromatic rings. The highest BCUT2D eigenvalue weighted by molar-refractivity contribution is 5.20. The molecule has 1 unspecified atom stereocenters. The first-order valence-electron chi connectivity index (χ1n) is 6.85. The molecule has 1 atom stereocenters. The molecule has 2 rings (SSSR count). The molecule has 3 N–H and O–H groups in total. The fourth-order valence-electron chi connectivity index (χ4n) is 2.22. The van der Waals surface area contributed by atoms with E-state index in [9.17, 15) is 4.39 Å². The van der Waals surface area contributed by atoms with Gasteiger partial charge in [-0.2, -0.15) is 0 Å². The minimum atomic E-state index is -0.246. The van der Waals surface area contributed by atoms with Gasteiger partial charge < -0.3 is 11.1 Å². The predicted octanol–water partition coefficient (Wildman–Crippen LogP) is 2.88. The number of hydrogen-bond acceptors (Lipinski definition) is 2. The second-order valence-corrected chi connectivity index (χ2v) is 5.41. The van der Waals surface area contributed by atoms with Crippen LogP contribution in [0.3, 0.4) is 0 Å². The van der Waals surface area contributed by atoms with Crippen LogP contribution in [0, 0.1) is 5.82 Å². The second kappa shape index (κ2) is 6.64. The standard InChI is InChI=1S/C17H21FN2/c1-17(13-19,11-15-8-5-9-16(18)10-15)20-12-14-6-3-2-4-7-14/h2-10,20H,11-13,19H2,1H3. The summed E-state index contributed by atoms with van der Waals surface area (Å²) in [6.45, 7) is 3.32. The predicted molar refractivity (Wildman–Crippen MR) is 80.8 cm³/mol. The van der Waals surface area contributed by atoms with Crippen molar-refractivity contribution in [3.63, 3.8) is 0 Å². The Morgan fingerprint density at radius 3 is 2.40 bits per heavy atom. The molecule has 0 saturated carbocycles. The molecule has 3 heteroatoms. The van der Waals surface area contributed by atoms with E-state index in [1.165, 1.54) is 11.6 Å². The van der Waals surface area contributed by atoms with Gasteiger partial charge in [-0.15, -0.1) is 0 Å². The van der Waals surface area contributed by atoms with Crippen LogP contribution in [0.1, 0.15) is 18.1 Å². The molecule has 0 spiro atoms. The van der Waals surface area contributed by atoms with Crippen LogP contribution < -0.4 is 11.1 Å². The van der Waals surface area contributed by atoms with Crippen molar-refractivity contribution in [1.82, 2.24) is 5.32 Å². The van der Waals surface area contributed by atoms with E-state index >= 15 is 0 Å². The summed E-state index contributed by atoms with van der Waals surface area (Å²) in [5.74, 6) is -0.204. The van der Waals surface area contributed by atoms with Crippen molar-refractivity contribution in [1.29, 1.82) is 0 Å². The number of benzene rings is 2. The first kappa shape index (κ1) is 14.7. The SMILES string of the molecule is CC(CN)(Cc1cccc(F)c1)NCc1ccccc1. The van der Waals surface area contributed by atoms with Gasteiger partial charge in [-0.3, -0.25) is 0 Å². The van der Waals surface area contributed by atoms with Crippen LogP contribution in [-0.4, -0.2) is 12.1 Å². The van der Waals surface area contributed by atoms with Crippen LogP contribution in [0.2, 0.25) is 0 Å². The lowest BCUT2D eigenvalue weighted by Gasteiger charge is -2.30. The third-order valence-corrected chi connectivity index (χ3v) is 3.50. The topological polar surface area (TPSA) is 38.0 Å². The fraction of sp³-hybridized carbons (Fsp3) is 0.294. The molecule has 0 aromatic heterocycles. The molecule has 0 aliphatic heterocycles. The van der Waals surface area contributed by atoms with E-state index in [0.717, 1.165) is 12.1 Å². The minimum absolute atomic E-state index is 0.204. The Labute approximate surface area is 119 Å². The van der Waals surface area contributed by atoms with E-state index in [1.807, 2.05) is 24.3 Å². The maximum absolute atomic E-state index is 13.2. The second-order valence-electron chi connectivity index (χ2n) is 5.41. The van der Waals surface area contributed by atoms with Gasteiger partial charge in [0.05, 0.1) is 0 Å². The largest absolute Gasteiger partial charge is 0.329 e. The van der Waals surface area contributed by atoms with Crippen molar-refractivity contribution in [3.8, 4) is 0 Å². The van der Waals surface area contributed by atoms with E-state index in [-0.39, 0.29) is 11.4 Å². The van der Waals surface area contributed by atoms with E-state index < -0.39 is 0 Å². The monoisotopic (exact) mass is 272 g/mol. The fourth-order valence-corrected chi connectivity index (χ4v) is 2.22. The Morgan fingerprint density at radius 2 is 1.75 bits per heavy atom. The van der Waals surface area contributed by atoms with Crippen molar-refractivity contribution >= 4 is 0 Å². The number of halogens is 1. The molecular weight excluding hydrogens is 251 g/mol. The van der Waals surface area contributed by atoms with Crippen molar-refractivity contribution in [3.05, 3.63) is 71.5 Å². The zero-order valence-corrected chi connectivity index (χ0v) is 11.8. The summed E-state index contributed by atoms with van der Waals surface area (Å²) in [6, 6.07) is 16.9. The van der Waals surface area contributed by atoms with Gasteiger partial charge in [0, 0.05) is 18.6 Å². The lowest BCUT2D eigenvalue weighted by Crippen LogP contribution is -2.50. The minimum Gasteiger partial charge on any atom is -0.329 e. The molecule has 0 aliphatic rings. The van der Waals surface area contributed by atoms with Crippen molar-refractivity contribution in [2.75, 3.05) is 6.54 Å². The Morgan fingerprint density at radius 1 is 1.05 bits per heavy atom. The highest BCUT2D eigenvalue weighted by Crippen LogP contribution is 2.14. The average molecular weight is 272 g/mol. The van der Waals surface area contributed by atoms with Crippen molar-refractivity contribution < 1.29 is 4.39 Å². The van der Waals surface area contributed by atoms with Gasteiger partial charge in [-0.05, 0) is 36.6 Å². The molecule has 0 bridgehead atoms. The van der Waals surface area contributed by atoms with Crippen LogP contribution >= 0.6 is 0 Å². The molecule has 2 nitrogen and oxygen atoms in total. The third-order valence-electron chi connectivity index (χ3n) is 3.50. The van der Waals surface area contributed by atoms with E-state index in [0.29, 0.717) is 13.0 Å². The summed E-state index contributed by atoms with van der Waals surface area (Å²) >= 11 is 0. The van der Waals surface area contributed by atoms with Crippen LogP contribution in [0.25, 0.3) is 0 Å². The Balaban J connectivity index is 2.01. The molecule has 106 valence electrons. The number of nitrogens with two attached hydrogens (primary N) is 1. The van der Waals surface area contributed by atoms with Gasteiger partial charge in [-0.25, -0.2) is 4.39 Å². The number of rotatable bonds is 6. The zero-order chi connectivity index (χ0) is 14.4. The molecule has 20 heavy (non-hydrogen) atoms. The van der Waals surface area contributed by atoms with Gasteiger partial charge in [0.15, 0.2) is 0 Å². The first-order valence-corrected chi connectivity index (χ1v) is 6.85. The summed E-state index contributed by atoms with van der Waals surface area (Å²) in [5.41, 5.74) is 7.83. The summed E-state index contributed by atoms with van der Waals surface area (Å²) in [6.07, 6.45) is 0.702. The lowest BCUT2D eigenvalue weighted by atomic mass is 9.92. The van der Waals surface area contributed by atoms with E-state index in [4.69, 9.17) is 5.73 Å². The molecule has 0 aliphatic carbocycles. The van der Waals surface area contributed by atoms with E-state index in [2.05, 4.69) is 24.4 Å². The summed E-state index contributed by atoms with van der Waals surface area (Å²) < 4.78 is 13.2. The van der Waals surface area contributed by atoms with E-state index in [1.54, 1.807) is 12.1 Å². The molecule has 0 fully saturated rings. The maximum Gasteiger partial charge on any atom is 0.123 e. The van der Waals surface area contributed by atoms with Crippen LogP contribution in [0.4, 0.5) is 4.39 Å². The Bertz CT molecular complexity index is 542. The zero-order valence-electron chi connectivity index (χ0n) is 11.8. The van der Waals surface area contributed by atoms with Crippen LogP contribution in [-0.2, 0) is 13.0 Å². The number of hydrogen-bond donors (Lipinski definition) is 2. The van der Waals surface area contributed by atoms with Gasteiger partial charge >= 0.3 is 0 Å². The highest BCUT2D eigenvalue weighted by Gasteiger charge is 2.22. The highest BCUT2D eigenvalue weighted by atomic mass is 19.1. The summed E-state index contributed by atoms with van der Waals surface area (Å²) in [5, 5.41) is 3.48. The van der Waals surface area contributed by atoms with Gasteiger partial charge in [0.25, 0.3) is 0 Å². The quantitative estimate of drug-likeness (QED) is 0.848. The van der Waals surface area contributed by atoms with Crippen molar-refractivity contribution in [2.45, 2.75) is 25.4 Å². The third kappa shape index (κ3) is 4.15. The first-order chi connectivity index (χ1) is 9.61. The average Bonchev–Trinajstić information content (AvgIpc) is 2.46. The molecule has 0 amide bonds. The summed E-state index contributed by atoms with van der Waals surface area (Å²) in [4.78, 5) is 0. The lowest BCUT2D eigenvalue weighted by molar-refractivity contribution is 0.358. The molecule has 0 radical (unpaired) electrons. The Kier molecular flexibility index (Phi) is 4.88. The molecule has 0 saturated heterocycles. The number of nitrogens with one attached hydrogen (secondary N) is 1. The van der Waals surface area contributed by atoms with Gasteiger partial charge in [0.2, 0.25) is 0 Å². The molecular formula is C17H21FN2. The Hall–Kier alpha value is -1.71. The van der Waals surface area contributed by atoms with Crippen LogP contribution in [0.15, 0.2) is 54.6 Å². The molecule has 0 heterocycles. The van der Waals surface area contributed by atoms with Gasteiger partial charge in [-0.1, -0.05) is 42.5 Å². The maximum atomic E-state index is 13.2. The molecule has 2 aromatic carbocycles. The van der Waals surface area contributed by atoms with Crippen LogP contribution in [0.5, 0.6) is 0 Å². The normalized spacial score (nSPS) is 13.9. The summed E-state index contributed by atoms with van der Waals surface area (Å²) in [7, 11) is 0. The smallest absolute Gasteiger partial charge is 0.123 e.